The van der Waals surface area contributed by atoms with Gasteiger partial charge >= 0.3 is 0 Å². The van der Waals surface area contributed by atoms with Gasteiger partial charge in [-0.15, -0.1) is 11.3 Å². The normalized spacial score (nSPS) is 10.7. The van der Waals surface area contributed by atoms with Gasteiger partial charge in [-0.25, -0.2) is 15.0 Å². The molecule has 0 saturated carbocycles. The number of rotatable bonds is 4. The van der Waals surface area contributed by atoms with E-state index in [0.717, 1.165) is 15.8 Å². The van der Waals surface area contributed by atoms with Crippen molar-refractivity contribution in [2.45, 2.75) is 6.54 Å². The lowest BCUT2D eigenvalue weighted by Gasteiger charge is -2.06. The van der Waals surface area contributed by atoms with Gasteiger partial charge in [0.15, 0.2) is 5.82 Å². The number of carbonyl (C=O) groups is 1. The predicted octanol–water partition coefficient (Wildman–Crippen LogP) is 3.08. The van der Waals surface area contributed by atoms with E-state index in [4.69, 9.17) is 0 Å². The average Bonchev–Trinajstić information content (AvgIpc) is 3.16. The SMILES string of the molecule is O=C(NCc1cccc2ncsc12)c1cnc(-c2ccccn2)nc1. The van der Waals surface area contributed by atoms with E-state index in [0.29, 0.717) is 23.6 Å². The average molecular weight is 347 g/mol. The monoisotopic (exact) mass is 347 g/mol. The summed E-state index contributed by atoms with van der Waals surface area (Å²) in [6.07, 6.45) is 4.71. The van der Waals surface area contributed by atoms with E-state index in [9.17, 15) is 4.79 Å². The highest BCUT2D eigenvalue weighted by molar-refractivity contribution is 7.16. The van der Waals surface area contributed by atoms with E-state index in [1.807, 2.05) is 36.4 Å². The Balaban J connectivity index is 1.47. The molecule has 0 aliphatic rings. The third kappa shape index (κ3) is 3.22. The summed E-state index contributed by atoms with van der Waals surface area (Å²) >= 11 is 1.57. The molecule has 0 atom stereocenters. The highest BCUT2D eigenvalue weighted by Crippen LogP contribution is 2.22. The number of carbonyl (C=O) groups excluding carboxylic acids is 1. The van der Waals surface area contributed by atoms with Crippen LogP contribution >= 0.6 is 11.3 Å². The smallest absolute Gasteiger partial charge is 0.254 e. The van der Waals surface area contributed by atoms with E-state index in [1.165, 1.54) is 12.4 Å². The van der Waals surface area contributed by atoms with Crippen LogP contribution in [0.15, 0.2) is 60.5 Å². The molecule has 0 fully saturated rings. The van der Waals surface area contributed by atoms with Crippen molar-refractivity contribution >= 4 is 27.5 Å². The van der Waals surface area contributed by atoms with Gasteiger partial charge < -0.3 is 5.32 Å². The number of thiazole rings is 1. The number of benzene rings is 1. The molecular weight excluding hydrogens is 334 g/mol. The second-order valence-electron chi connectivity index (χ2n) is 5.31. The minimum Gasteiger partial charge on any atom is -0.348 e. The zero-order valence-electron chi connectivity index (χ0n) is 13.1. The summed E-state index contributed by atoms with van der Waals surface area (Å²) in [6.45, 7) is 0.431. The van der Waals surface area contributed by atoms with Crippen molar-refractivity contribution in [2.75, 3.05) is 0 Å². The quantitative estimate of drug-likeness (QED) is 0.613. The third-order valence-electron chi connectivity index (χ3n) is 3.69. The van der Waals surface area contributed by atoms with Crippen molar-refractivity contribution in [3.63, 3.8) is 0 Å². The molecule has 3 aromatic heterocycles. The van der Waals surface area contributed by atoms with Gasteiger partial charge in [0.25, 0.3) is 5.91 Å². The van der Waals surface area contributed by atoms with Crippen LogP contribution in [0.3, 0.4) is 0 Å². The van der Waals surface area contributed by atoms with Gasteiger partial charge in [0.1, 0.15) is 5.69 Å². The summed E-state index contributed by atoms with van der Waals surface area (Å²) < 4.78 is 1.09. The number of nitrogens with one attached hydrogen (secondary N) is 1. The molecule has 1 amide bonds. The molecule has 0 aliphatic carbocycles. The van der Waals surface area contributed by atoms with Crippen LogP contribution in [0.5, 0.6) is 0 Å². The van der Waals surface area contributed by atoms with Crippen LogP contribution in [0.1, 0.15) is 15.9 Å². The molecule has 0 radical (unpaired) electrons. The Morgan fingerprint density at radius 2 is 1.88 bits per heavy atom. The van der Waals surface area contributed by atoms with Gasteiger partial charge in [-0.2, -0.15) is 0 Å². The fraction of sp³-hybridized carbons (Fsp3) is 0.0556. The number of pyridine rings is 1. The van der Waals surface area contributed by atoms with Crippen molar-refractivity contribution in [2.24, 2.45) is 0 Å². The molecule has 4 aromatic rings. The highest BCUT2D eigenvalue weighted by atomic mass is 32.1. The van der Waals surface area contributed by atoms with Crippen LogP contribution in [-0.2, 0) is 6.54 Å². The third-order valence-corrected chi connectivity index (χ3v) is 4.60. The molecule has 122 valence electrons. The van der Waals surface area contributed by atoms with Gasteiger partial charge in [-0.05, 0) is 23.8 Å². The lowest BCUT2D eigenvalue weighted by atomic mass is 10.2. The van der Waals surface area contributed by atoms with Gasteiger partial charge in [0.05, 0.1) is 21.3 Å². The maximum Gasteiger partial charge on any atom is 0.254 e. The van der Waals surface area contributed by atoms with Gasteiger partial charge in [-0.1, -0.05) is 18.2 Å². The van der Waals surface area contributed by atoms with E-state index >= 15 is 0 Å². The van der Waals surface area contributed by atoms with Crippen LogP contribution in [0.4, 0.5) is 0 Å². The van der Waals surface area contributed by atoms with Crippen LogP contribution in [0.2, 0.25) is 0 Å². The van der Waals surface area contributed by atoms with Crippen LogP contribution in [-0.4, -0.2) is 25.8 Å². The maximum atomic E-state index is 12.3. The van der Waals surface area contributed by atoms with E-state index < -0.39 is 0 Å². The first kappa shape index (κ1) is 15.3. The Morgan fingerprint density at radius 3 is 2.68 bits per heavy atom. The Bertz CT molecular complexity index is 1010. The summed E-state index contributed by atoms with van der Waals surface area (Å²) in [6, 6.07) is 11.4. The molecule has 4 rings (SSSR count). The summed E-state index contributed by atoms with van der Waals surface area (Å²) in [5.41, 5.74) is 4.88. The first-order chi connectivity index (χ1) is 12.3. The maximum absolute atomic E-state index is 12.3. The van der Waals surface area contributed by atoms with Crippen molar-refractivity contribution in [3.05, 3.63) is 71.6 Å². The minimum atomic E-state index is -0.214. The van der Waals surface area contributed by atoms with Crippen LogP contribution in [0, 0.1) is 0 Å². The number of hydrogen-bond donors (Lipinski definition) is 1. The van der Waals surface area contributed by atoms with Crippen molar-refractivity contribution in [3.8, 4) is 11.5 Å². The summed E-state index contributed by atoms with van der Waals surface area (Å²) in [7, 11) is 0. The number of amides is 1. The Hall–Kier alpha value is -3.19. The Labute approximate surface area is 147 Å². The molecule has 1 aromatic carbocycles. The molecule has 0 bridgehead atoms. The molecule has 25 heavy (non-hydrogen) atoms. The molecule has 7 heteroatoms. The summed E-state index contributed by atoms with van der Waals surface area (Å²) in [5, 5.41) is 2.90. The van der Waals surface area contributed by atoms with E-state index in [-0.39, 0.29) is 5.91 Å². The van der Waals surface area contributed by atoms with Crippen molar-refractivity contribution in [1.82, 2.24) is 25.3 Å². The van der Waals surface area contributed by atoms with E-state index in [2.05, 4.69) is 25.3 Å². The van der Waals surface area contributed by atoms with Crippen LogP contribution < -0.4 is 5.32 Å². The molecule has 0 unspecified atom stereocenters. The minimum absolute atomic E-state index is 0.214. The second-order valence-corrected chi connectivity index (χ2v) is 6.17. The van der Waals surface area contributed by atoms with E-state index in [1.54, 1.807) is 23.0 Å². The summed E-state index contributed by atoms with van der Waals surface area (Å²) in [4.78, 5) is 29.2. The fourth-order valence-corrected chi connectivity index (χ4v) is 3.24. The first-order valence-corrected chi connectivity index (χ1v) is 8.52. The second kappa shape index (κ2) is 6.74. The standard InChI is InChI=1S/C18H13N5OS/c24-18(22-8-12-4-3-6-14-16(12)25-11-23-14)13-9-20-17(21-10-13)15-5-1-2-7-19-15/h1-7,9-11H,8H2,(H,22,24). The number of nitrogens with zero attached hydrogens (tertiary/aromatic N) is 4. The first-order valence-electron chi connectivity index (χ1n) is 7.64. The van der Waals surface area contributed by atoms with Gasteiger partial charge in [-0.3, -0.25) is 9.78 Å². The molecule has 1 N–H and O–H groups in total. The Morgan fingerprint density at radius 1 is 1.00 bits per heavy atom. The highest BCUT2D eigenvalue weighted by Gasteiger charge is 2.10. The fourth-order valence-electron chi connectivity index (χ4n) is 2.43. The largest absolute Gasteiger partial charge is 0.348 e. The Kier molecular flexibility index (Phi) is 4.14. The predicted molar refractivity (Wildman–Crippen MR) is 96.1 cm³/mol. The number of fused-ring (bicyclic) bond motifs is 1. The lowest BCUT2D eigenvalue weighted by Crippen LogP contribution is -2.23. The molecule has 0 aliphatic heterocycles. The van der Waals surface area contributed by atoms with Crippen LogP contribution in [0.25, 0.3) is 21.7 Å². The topological polar surface area (TPSA) is 80.7 Å². The number of hydrogen-bond acceptors (Lipinski definition) is 6. The zero-order chi connectivity index (χ0) is 17.1. The lowest BCUT2D eigenvalue weighted by molar-refractivity contribution is 0.0950. The molecule has 0 spiro atoms. The molecule has 0 saturated heterocycles. The summed E-state index contributed by atoms with van der Waals surface area (Å²) in [5.74, 6) is 0.278. The zero-order valence-corrected chi connectivity index (χ0v) is 13.9. The number of aromatic nitrogens is 4. The molecule has 6 nitrogen and oxygen atoms in total. The molecular formula is C18H13N5OS. The van der Waals surface area contributed by atoms with Gasteiger partial charge in [0.2, 0.25) is 0 Å². The van der Waals surface area contributed by atoms with Crippen molar-refractivity contribution in [1.29, 1.82) is 0 Å². The molecule has 3 heterocycles. The van der Waals surface area contributed by atoms with Gasteiger partial charge in [0, 0.05) is 25.1 Å². The van der Waals surface area contributed by atoms with Crippen molar-refractivity contribution < 1.29 is 4.79 Å².